The van der Waals surface area contributed by atoms with Crippen LogP contribution in [0.4, 0.5) is 26.3 Å². The first-order valence-corrected chi connectivity index (χ1v) is 28.9. The van der Waals surface area contributed by atoms with Gasteiger partial charge in [-0.25, -0.2) is 4.79 Å². The van der Waals surface area contributed by atoms with Gasteiger partial charge in [-0.3, -0.25) is 29.1 Å². The molecule has 87 heavy (non-hydrogen) atoms. The highest BCUT2D eigenvalue weighted by molar-refractivity contribution is 5.94. The molecule has 18 nitrogen and oxygen atoms in total. The average molecular weight is 1220 g/mol. The van der Waals surface area contributed by atoms with Crippen molar-refractivity contribution in [3.63, 3.8) is 0 Å². The normalized spacial score (nSPS) is 13.4. The molecular formula is C63H82F6N12O6+2. The van der Waals surface area contributed by atoms with Crippen LogP contribution in [-0.2, 0) is 62.0 Å². The number of halogens is 6. The summed E-state index contributed by atoms with van der Waals surface area (Å²) in [6.45, 7) is 9.23. The van der Waals surface area contributed by atoms with Gasteiger partial charge in [0.1, 0.15) is 0 Å². The number of carboxylic acids is 1. The zero-order valence-corrected chi connectivity index (χ0v) is 48.8. The largest absolute Gasteiger partial charge is 0.477 e. The van der Waals surface area contributed by atoms with Gasteiger partial charge < -0.3 is 59.1 Å². The van der Waals surface area contributed by atoms with E-state index in [0.29, 0.717) is 91.8 Å². The molecule has 470 valence electrons. The highest BCUT2D eigenvalue weighted by Crippen LogP contribution is 2.31. The van der Waals surface area contributed by atoms with Crippen molar-refractivity contribution in [1.29, 1.82) is 0 Å². The number of nitrogens with one attached hydrogen (secondary N) is 2. The molecule has 15 N–H and O–H groups in total. The summed E-state index contributed by atoms with van der Waals surface area (Å²) >= 11 is 0. The van der Waals surface area contributed by atoms with Gasteiger partial charge >= 0.3 is 18.3 Å². The SMILES string of the molecule is C=CC[N+](CCN)(CCN)CCC[C@H](N)C(=O)N[C@H](Cc1ccc(C(F)(F)F)cc1)C(=O)Cc1cnc2ccccc2c1.NCC[N+](CCN)(CCC[C@H](N)C(=O)N[C@H](Cc1ccc(C(F)(F)F)cc1)C(=O)Cc1cnc2ccccc2c1)CC(=O)O. The average Bonchev–Trinajstić information content (AvgIpc) is 3.56. The second-order valence-electron chi connectivity index (χ2n) is 22.0. The van der Waals surface area contributed by atoms with E-state index in [-0.39, 0.29) is 67.8 Å². The highest BCUT2D eigenvalue weighted by Gasteiger charge is 2.34. The lowest BCUT2D eigenvalue weighted by Crippen LogP contribution is -2.56. The number of para-hydroxylation sites is 2. The van der Waals surface area contributed by atoms with Gasteiger partial charge in [0, 0.05) is 62.2 Å². The van der Waals surface area contributed by atoms with Crippen LogP contribution in [0.15, 0.2) is 134 Å². The number of fused-ring (bicyclic) bond motifs is 2. The first kappa shape index (κ1) is 70.2. The third-order valence-electron chi connectivity index (χ3n) is 15.3. The van der Waals surface area contributed by atoms with Gasteiger partial charge in [-0.2, -0.15) is 26.3 Å². The predicted molar refractivity (Wildman–Crippen MR) is 323 cm³/mol. The van der Waals surface area contributed by atoms with Gasteiger partial charge in [0.15, 0.2) is 18.1 Å². The number of aromatic nitrogens is 2. The number of hydrogen-bond donors (Lipinski definition) is 9. The van der Waals surface area contributed by atoms with Crippen molar-refractivity contribution in [2.24, 2.45) is 34.4 Å². The van der Waals surface area contributed by atoms with E-state index in [2.05, 4.69) is 27.2 Å². The van der Waals surface area contributed by atoms with Crippen LogP contribution in [-0.4, -0.2) is 156 Å². The zero-order valence-electron chi connectivity index (χ0n) is 48.8. The molecule has 0 saturated carbocycles. The molecule has 0 bridgehead atoms. The molecule has 0 aliphatic rings. The number of nitrogens with two attached hydrogens (primary N) is 6. The number of carboxylic acid groups (broad SMARTS) is 1. The van der Waals surface area contributed by atoms with Gasteiger partial charge in [-0.15, -0.1) is 0 Å². The number of alkyl halides is 6. The first-order valence-electron chi connectivity index (χ1n) is 28.9. The van der Waals surface area contributed by atoms with Gasteiger partial charge in [-0.05, 0) is 115 Å². The first-order chi connectivity index (χ1) is 41.3. The number of ketones is 2. The molecule has 0 spiro atoms. The molecule has 2 aromatic heterocycles. The molecular weight excluding hydrogens is 1130 g/mol. The highest BCUT2D eigenvalue weighted by atomic mass is 19.4. The molecule has 6 aromatic rings. The monoisotopic (exact) mass is 1220 g/mol. The van der Waals surface area contributed by atoms with Gasteiger partial charge in [-0.1, -0.05) is 67.2 Å². The van der Waals surface area contributed by atoms with E-state index < -0.39 is 65.4 Å². The number of benzene rings is 4. The van der Waals surface area contributed by atoms with Gasteiger partial charge in [0.2, 0.25) is 11.8 Å². The van der Waals surface area contributed by atoms with Gasteiger partial charge in [0.05, 0.1) is 92.1 Å². The van der Waals surface area contributed by atoms with E-state index in [1.54, 1.807) is 12.4 Å². The smallest absolute Gasteiger partial charge is 0.416 e. The Balaban J connectivity index is 0.000000317. The third kappa shape index (κ3) is 22.3. The summed E-state index contributed by atoms with van der Waals surface area (Å²) in [5.41, 5.74) is 37.7. The molecule has 0 fully saturated rings. The number of quaternary nitrogens is 2. The number of pyridine rings is 2. The summed E-state index contributed by atoms with van der Waals surface area (Å²) in [5, 5.41) is 16.6. The van der Waals surface area contributed by atoms with E-state index in [9.17, 15) is 55.4 Å². The van der Waals surface area contributed by atoms with Crippen LogP contribution in [0.3, 0.4) is 0 Å². The number of amides is 2. The Labute approximate surface area is 502 Å². The predicted octanol–water partition coefficient (Wildman–Crippen LogP) is 5.14. The van der Waals surface area contributed by atoms with Crippen molar-refractivity contribution in [1.82, 2.24) is 20.6 Å². The summed E-state index contributed by atoms with van der Waals surface area (Å²) in [6.07, 6.45) is -2.46. The van der Waals surface area contributed by atoms with Gasteiger partial charge in [0.25, 0.3) is 0 Å². The van der Waals surface area contributed by atoms with E-state index in [0.717, 1.165) is 59.2 Å². The number of rotatable bonds is 34. The fourth-order valence-corrected chi connectivity index (χ4v) is 10.6. The Kier molecular flexibility index (Phi) is 27.1. The lowest BCUT2D eigenvalue weighted by atomic mass is 9.96. The molecule has 2 heterocycles. The number of carbonyl (C=O) groups is 5. The van der Waals surface area contributed by atoms with E-state index in [1.165, 1.54) is 24.3 Å². The molecule has 0 saturated heterocycles. The van der Waals surface area contributed by atoms with Crippen molar-refractivity contribution >= 4 is 51.2 Å². The fourth-order valence-electron chi connectivity index (χ4n) is 10.6. The Morgan fingerprint density at radius 1 is 0.540 bits per heavy atom. The molecule has 0 aliphatic carbocycles. The minimum atomic E-state index is -4.51. The van der Waals surface area contributed by atoms with Crippen LogP contribution in [0, 0.1) is 0 Å². The minimum Gasteiger partial charge on any atom is -0.477 e. The van der Waals surface area contributed by atoms with Crippen LogP contribution in [0.2, 0.25) is 0 Å². The maximum Gasteiger partial charge on any atom is 0.416 e. The number of aliphatic carboxylic acids is 1. The molecule has 0 aliphatic heterocycles. The number of carbonyl (C=O) groups excluding carboxylic acids is 4. The van der Waals surface area contributed by atoms with Crippen molar-refractivity contribution in [3.05, 3.63) is 168 Å². The quantitative estimate of drug-likeness (QED) is 0.0144. The molecule has 0 radical (unpaired) electrons. The second-order valence-corrected chi connectivity index (χ2v) is 22.0. The van der Waals surface area contributed by atoms with Crippen molar-refractivity contribution in [3.8, 4) is 0 Å². The summed E-state index contributed by atoms with van der Waals surface area (Å²) < 4.78 is 79.3. The van der Waals surface area contributed by atoms with Crippen LogP contribution < -0.4 is 45.0 Å². The second kappa shape index (κ2) is 33.5. The standard InChI is InChI=1S/C32H41F3N6O2.C31H39F3N6O4/c1-2-15-41(17-13-36,18-14-37)16-5-7-27(38)31(43)40-29(20-23-9-11-26(12-10-23)32(33,34)35)30(42)21-24-19-25-6-3-4-8-28(25)39-22-24;32-31(33,34)24-9-7-21(8-10-24)17-27(28(41)18-22-16-23-4-1-2-6-26(23)38-19-22)39-30(44)25(37)5-3-13-40(14-11-35,15-12-36)20-29(42)43/h2-4,6,8-12,19,22,27,29H,1,5,7,13-18,20-21,36-38H2;1-2,4,6-10,16,19,25,27H,3,5,11-15,17-18,20,35-37H2,(H-,39,42,43,44)/p+2/t27-,29+;25-,27+/m00/s1. The molecule has 4 atom stereocenters. The van der Waals surface area contributed by atoms with E-state index >= 15 is 0 Å². The summed E-state index contributed by atoms with van der Waals surface area (Å²) in [4.78, 5) is 73.6. The zero-order chi connectivity index (χ0) is 63.8. The maximum atomic E-state index is 13.5. The summed E-state index contributed by atoms with van der Waals surface area (Å²) in [5.74, 6) is -2.74. The van der Waals surface area contributed by atoms with Crippen molar-refractivity contribution < 1.29 is 64.4 Å². The number of Topliss-reactive ketones (excluding diaryl/α,β-unsaturated/α-hetero) is 2. The molecule has 24 heteroatoms. The topological polar surface area (TPSA) is 312 Å². The maximum absolute atomic E-state index is 13.5. The van der Waals surface area contributed by atoms with Crippen molar-refractivity contribution in [2.45, 2.75) is 87.9 Å². The lowest BCUT2D eigenvalue weighted by molar-refractivity contribution is -0.920. The lowest BCUT2D eigenvalue weighted by Gasteiger charge is -2.37. The summed E-state index contributed by atoms with van der Waals surface area (Å²) in [6, 6.07) is 23.6. The Bertz CT molecular complexity index is 3190. The number of nitrogens with zero attached hydrogens (tertiary/aromatic N) is 4. The summed E-state index contributed by atoms with van der Waals surface area (Å²) in [7, 11) is 0. The molecule has 4 aromatic carbocycles. The molecule has 6 rings (SSSR count). The van der Waals surface area contributed by atoms with Crippen LogP contribution in [0.1, 0.15) is 59.1 Å². The third-order valence-corrected chi connectivity index (χ3v) is 15.3. The molecule has 2 amide bonds. The van der Waals surface area contributed by atoms with E-state index in [4.69, 9.17) is 34.4 Å². The van der Waals surface area contributed by atoms with Crippen molar-refractivity contribution in [2.75, 3.05) is 78.5 Å². The minimum absolute atomic E-state index is 0.0155. The van der Waals surface area contributed by atoms with Crippen LogP contribution in [0.25, 0.3) is 21.8 Å². The Morgan fingerprint density at radius 3 is 1.26 bits per heavy atom. The van der Waals surface area contributed by atoms with Crippen LogP contribution in [0.5, 0.6) is 0 Å². The number of hydrogen-bond acceptors (Lipinski definition) is 13. The fraction of sp³-hybridized carbons (Fsp3) is 0.413. The Morgan fingerprint density at radius 2 is 0.908 bits per heavy atom. The molecule has 0 unspecified atom stereocenters. The van der Waals surface area contributed by atoms with E-state index in [1.807, 2.05) is 66.7 Å². The van der Waals surface area contributed by atoms with Crippen LogP contribution >= 0.6 is 0 Å². The Hall–Kier alpha value is -7.55.